The van der Waals surface area contributed by atoms with Gasteiger partial charge in [0.1, 0.15) is 12.4 Å². The summed E-state index contributed by atoms with van der Waals surface area (Å²) in [6.07, 6.45) is 2.68. The van der Waals surface area contributed by atoms with E-state index in [0.717, 1.165) is 5.56 Å². The first kappa shape index (κ1) is 21.3. The van der Waals surface area contributed by atoms with E-state index in [2.05, 4.69) is 10.9 Å². The standard InChI is InChI=1S/C23H19N3O5/c27-22(15-12-17-10-13-19(14-11-17)26(29)30)24-25-23(28)20-8-4-5-9-21(20)31-16-18-6-2-1-3-7-18/h1-15H,16H2,(H,24,27)(H,25,28)/b15-12+. The van der Waals surface area contributed by atoms with Gasteiger partial charge in [-0.1, -0.05) is 42.5 Å². The number of amides is 2. The van der Waals surface area contributed by atoms with Crippen LogP contribution in [-0.2, 0) is 11.4 Å². The van der Waals surface area contributed by atoms with Gasteiger partial charge in [0.25, 0.3) is 17.5 Å². The lowest BCUT2D eigenvalue weighted by atomic mass is 10.2. The molecule has 3 aromatic carbocycles. The Labute approximate surface area is 178 Å². The molecule has 0 aliphatic carbocycles. The highest BCUT2D eigenvalue weighted by atomic mass is 16.6. The lowest BCUT2D eigenvalue weighted by molar-refractivity contribution is -0.384. The van der Waals surface area contributed by atoms with E-state index in [0.29, 0.717) is 17.9 Å². The molecular weight excluding hydrogens is 398 g/mol. The van der Waals surface area contributed by atoms with Gasteiger partial charge in [-0.25, -0.2) is 0 Å². The molecule has 0 aliphatic rings. The zero-order chi connectivity index (χ0) is 22.1. The van der Waals surface area contributed by atoms with Crippen molar-refractivity contribution in [2.24, 2.45) is 0 Å². The molecule has 3 rings (SSSR count). The summed E-state index contributed by atoms with van der Waals surface area (Å²) in [7, 11) is 0. The number of non-ortho nitro benzene ring substituents is 1. The van der Waals surface area contributed by atoms with Gasteiger partial charge in [0.05, 0.1) is 10.5 Å². The topological polar surface area (TPSA) is 111 Å². The maximum absolute atomic E-state index is 12.5. The second-order valence-electron chi connectivity index (χ2n) is 6.40. The molecule has 0 saturated heterocycles. The number of hydrogen-bond donors (Lipinski definition) is 2. The van der Waals surface area contributed by atoms with Crippen LogP contribution in [-0.4, -0.2) is 16.7 Å². The number of nitro benzene ring substituents is 1. The molecule has 8 nitrogen and oxygen atoms in total. The molecule has 0 radical (unpaired) electrons. The van der Waals surface area contributed by atoms with Crippen molar-refractivity contribution in [3.05, 3.63) is 112 Å². The Bertz CT molecular complexity index is 1100. The van der Waals surface area contributed by atoms with Gasteiger partial charge in [-0.05, 0) is 41.5 Å². The fourth-order valence-corrected chi connectivity index (χ4v) is 2.62. The van der Waals surface area contributed by atoms with Crippen LogP contribution in [0.1, 0.15) is 21.5 Å². The summed E-state index contributed by atoms with van der Waals surface area (Å²) in [5.74, 6) is -0.699. The van der Waals surface area contributed by atoms with Crippen LogP contribution in [0.2, 0.25) is 0 Å². The van der Waals surface area contributed by atoms with E-state index in [-0.39, 0.29) is 11.3 Å². The van der Waals surface area contributed by atoms with Gasteiger partial charge in [-0.2, -0.15) is 0 Å². The molecule has 0 atom stereocenters. The monoisotopic (exact) mass is 417 g/mol. The van der Waals surface area contributed by atoms with E-state index in [1.165, 1.54) is 36.4 Å². The van der Waals surface area contributed by atoms with Gasteiger partial charge >= 0.3 is 0 Å². The number of nitrogens with zero attached hydrogens (tertiary/aromatic N) is 1. The van der Waals surface area contributed by atoms with Crippen molar-refractivity contribution in [3.63, 3.8) is 0 Å². The molecule has 2 amide bonds. The highest BCUT2D eigenvalue weighted by Gasteiger charge is 2.12. The van der Waals surface area contributed by atoms with Crippen LogP contribution in [0.3, 0.4) is 0 Å². The van der Waals surface area contributed by atoms with Crippen LogP contribution < -0.4 is 15.6 Å². The molecule has 8 heteroatoms. The number of nitro groups is 1. The quantitative estimate of drug-likeness (QED) is 0.346. The number of carbonyl (C=O) groups is 2. The minimum absolute atomic E-state index is 0.0398. The third-order valence-corrected chi connectivity index (χ3v) is 4.20. The largest absolute Gasteiger partial charge is 0.488 e. The minimum Gasteiger partial charge on any atom is -0.488 e. The van der Waals surface area contributed by atoms with Gasteiger partial charge in [-0.15, -0.1) is 0 Å². The molecule has 0 saturated carbocycles. The van der Waals surface area contributed by atoms with E-state index < -0.39 is 16.7 Å². The average Bonchev–Trinajstić information content (AvgIpc) is 2.81. The fourth-order valence-electron chi connectivity index (χ4n) is 2.62. The molecule has 0 fully saturated rings. The molecule has 31 heavy (non-hydrogen) atoms. The lowest BCUT2D eigenvalue weighted by Crippen LogP contribution is -2.40. The summed E-state index contributed by atoms with van der Waals surface area (Å²) in [5, 5.41) is 10.7. The highest BCUT2D eigenvalue weighted by molar-refractivity contribution is 5.99. The van der Waals surface area contributed by atoms with E-state index in [1.54, 1.807) is 24.3 Å². The van der Waals surface area contributed by atoms with Gasteiger partial charge in [0, 0.05) is 18.2 Å². The predicted octanol–water partition coefficient (Wildman–Crippen LogP) is 3.65. The summed E-state index contributed by atoms with van der Waals surface area (Å²) in [6.45, 7) is 0.301. The lowest BCUT2D eigenvalue weighted by Gasteiger charge is -2.12. The van der Waals surface area contributed by atoms with Gasteiger partial charge < -0.3 is 4.74 Å². The van der Waals surface area contributed by atoms with Crippen molar-refractivity contribution in [1.29, 1.82) is 0 Å². The van der Waals surface area contributed by atoms with Gasteiger partial charge in [-0.3, -0.25) is 30.6 Å². The Morgan fingerprint density at radius 3 is 2.29 bits per heavy atom. The Balaban J connectivity index is 1.55. The second-order valence-corrected chi connectivity index (χ2v) is 6.40. The molecule has 2 N–H and O–H groups in total. The first-order valence-corrected chi connectivity index (χ1v) is 9.31. The number of hydrogen-bond acceptors (Lipinski definition) is 5. The van der Waals surface area contributed by atoms with Crippen LogP contribution in [0.5, 0.6) is 5.75 Å². The average molecular weight is 417 g/mol. The van der Waals surface area contributed by atoms with E-state index in [1.807, 2.05) is 30.3 Å². The molecule has 0 aliphatic heterocycles. The smallest absolute Gasteiger partial charge is 0.273 e. The Morgan fingerprint density at radius 1 is 0.903 bits per heavy atom. The number of para-hydroxylation sites is 1. The van der Waals surface area contributed by atoms with E-state index in [9.17, 15) is 19.7 Å². The maximum Gasteiger partial charge on any atom is 0.273 e. The molecule has 3 aromatic rings. The Kier molecular flexibility index (Phi) is 7.10. The first-order valence-electron chi connectivity index (χ1n) is 9.31. The number of hydrazine groups is 1. The molecule has 0 unspecified atom stereocenters. The molecule has 0 aromatic heterocycles. The number of benzene rings is 3. The zero-order valence-corrected chi connectivity index (χ0v) is 16.4. The zero-order valence-electron chi connectivity index (χ0n) is 16.4. The highest BCUT2D eigenvalue weighted by Crippen LogP contribution is 2.19. The summed E-state index contributed by atoms with van der Waals surface area (Å²) in [4.78, 5) is 34.6. The van der Waals surface area contributed by atoms with Crippen molar-refractivity contribution in [3.8, 4) is 5.75 Å². The number of carbonyl (C=O) groups excluding carboxylic acids is 2. The van der Waals surface area contributed by atoms with Gasteiger partial charge in [0.15, 0.2) is 0 Å². The van der Waals surface area contributed by atoms with Crippen molar-refractivity contribution in [1.82, 2.24) is 10.9 Å². The summed E-state index contributed by atoms with van der Waals surface area (Å²) < 4.78 is 5.75. The minimum atomic E-state index is -0.561. The van der Waals surface area contributed by atoms with Crippen LogP contribution in [0.25, 0.3) is 6.08 Å². The summed E-state index contributed by atoms with van der Waals surface area (Å²) in [5.41, 5.74) is 6.43. The SMILES string of the molecule is O=C(/C=C/c1ccc([N+](=O)[O-])cc1)NNC(=O)c1ccccc1OCc1ccccc1. The second kappa shape index (κ2) is 10.4. The first-order chi connectivity index (χ1) is 15.0. The number of rotatable bonds is 7. The van der Waals surface area contributed by atoms with Crippen molar-refractivity contribution >= 4 is 23.6 Å². The predicted molar refractivity (Wildman–Crippen MR) is 115 cm³/mol. The third-order valence-electron chi connectivity index (χ3n) is 4.20. The maximum atomic E-state index is 12.5. The van der Waals surface area contributed by atoms with Crippen molar-refractivity contribution in [2.75, 3.05) is 0 Å². The Hall–Kier alpha value is -4.46. The van der Waals surface area contributed by atoms with Gasteiger partial charge in [0.2, 0.25) is 0 Å². The fraction of sp³-hybridized carbons (Fsp3) is 0.0435. The van der Waals surface area contributed by atoms with E-state index in [4.69, 9.17) is 4.74 Å². The number of ether oxygens (including phenoxy) is 1. The van der Waals surface area contributed by atoms with Crippen LogP contribution in [0.4, 0.5) is 5.69 Å². The Morgan fingerprint density at radius 2 is 1.58 bits per heavy atom. The van der Waals surface area contributed by atoms with Crippen LogP contribution in [0.15, 0.2) is 84.9 Å². The van der Waals surface area contributed by atoms with Crippen molar-refractivity contribution < 1.29 is 19.2 Å². The molecular formula is C23H19N3O5. The number of nitrogens with one attached hydrogen (secondary N) is 2. The normalized spacial score (nSPS) is 10.5. The van der Waals surface area contributed by atoms with Crippen molar-refractivity contribution in [2.45, 2.75) is 6.61 Å². The molecule has 0 spiro atoms. The summed E-state index contributed by atoms with van der Waals surface area (Å²) >= 11 is 0. The van der Waals surface area contributed by atoms with Crippen LogP contribution >= 0.6 is 0 Å². The summed E-state index contributed by atoms with van der Waals surface area (Å²) in [6, 6.07) is 22.0. The van der Waals surface area contributed by atoms with E-state index >= 15 is 0 Å². The molecule has 156 valence electrons. The van der Waals surface area contributed by atoms with Crippen LogP contribution in [0, 0.1) is 10.1 Å². The molecule has 0 bridgehead atoms. The third kappa shape index (κ3) is 6.26. The molecule has 0 heterocycles.